The second kappa shape index (κ2) is 8.33. The summed E-state index contributed by atoms with van der Waals surface area (Å²) >= 11 is 6.05. The van der Waals surface area contributed by atoms with Crippen molar-refractivity contribution < 1.29 is 13.9 Å². The third-order valence-electron chi connectivity index (χ3n) is 6.50. The van der Waals surface area contributed by atoms with Gasteiger partial charge in [0.2, 0.25) is 0 Å². The number of ether oxygens (including phenoxy) is 1. The highest BCUT2D eigenvalue weighted by Gasteiger charge is 2.36. The minimum absolute atomic E-state index is 0.0445. The molecule has 2 bridgehead atoms. The van der Waals surface area contributed by atoms with Gasteiger partial charge in [-0.25, -0.2) is 9.38 Å². The number of hydrogen-bond donors (Lipinski definition) is 3. The molecule has 4 heterocycles. The van der Waals surface area contributed by atoms with Gasteiger partial charge in [-0.1, -0.05) is 11.6 Å². The zero-order valence-corrected chi connectivity index (χ0v) is 18.5. The largest absolute Gasteiger partial charge is 0.489 e. The van der Waals surface area contributed by atoms with E-state index in [1.807, 2.05) is 6.92 Å². The molecule has 1 amide bonds. The van der Waals surface area contributed by atoms with Gasteiger partial charge >= 0.3 is 0 Å². The smallest absolute Gasteiger partial charge is 0.258 e. The molecular weight excluding hydrogens is 433 g/mol. The highest BCUT2D eigenvalue weighted by atomic mass is 35.5. The molecule has 0 radical (unpaired) electrons. The molecule has 7 nitrogen and oxygen atoms in total. The number of piperidine rings is 1. The average Bonchev–Trinajstić information content (AvgIpc) is 3.31. The van der Waals surface area contributed by atoms with Gasteiger partial charge in [0.05, 0.1) is 29.4 Å². The van der Waals surface area contributed by atoms with Crippen LogP contribution in [0.2, 0.25) is 0 Å². The van der Waals surface area contributed by atoms with Crippen LogP contribution in [0.3, 0.4) is 0 Å². The molecule has 9 heteroatoms. The Morgan fingerprint density at radius 1 is 1.28 bits per heavy atom. The normalized spacial score (nSPS) is 29.5. The lowest BCUT2D eigenvalue weighted by atomic mass is 10.0. The number of likely N-dealkylation sites (tertiary alicyclic amines) is 1. The highest BCUT2D eigenvalue weighted by molar-refractivity contribution is 6.39. The molecule has 0 spiro atoms. The van der Waals surface area contributed by atoms with Crippen LogP contribution in [-0.2, 0) is 0 Å². The molecule has 1 aromatic carbocycles. The molecule has 4 aliphatic heterocycles. The van der Waals surface area contributed by atoms with E-state index >= 15 is 0 Å². The van der Waals surface area contributed by atoms with Gasteiger partial charge in [-0.05, 0) is 44.7 Å². The number of benzene rings is 1. The van der Waals surface area contributed by atoms with Gasteiger partial charge in [-0.3, -0.25) is 4.79 Å². The fraction of sp³-hybridized carbons (Fsp3) is 0.435. The molecule has 5 rings (SSSR count). The Kier molecular flexibility index (Phi) is 5.51. The van der Waals surface area contributed by atoms with Crippen molar-refractivity contribution in [1.82, 2.24) is 15.5 Å². The average molecular weight is 458 g/mol. The van der Waals surface area contributed by atoms with E-state index in [2.05, 4.69) is 15.6 Å². The third kappa shape index (κ3) is 4.04. The predicted octanol–water partition coefficient (Wildman–Crippen LogP) is 3.32. The van der Waals surface area contributed by atoms with Gasteiger partial charge in [0.15, 0.2) is 0 Å². The summed E-state index contributed by atoms with van der Waals surface area (Å²) in [7, 11) is 0. The van der Waals surface area contributed by atoms with E-state index in [1.165, 1.54) is 24.4 Å². The Labute approximate surface area is 190 Å². The molecule has 0 saturated carbocycles. The van der Waals surface area contributed by atoms with Gasteiger partial charge < -0.3 is 25.7 Å². The monoisotopic (exact) mass is 457 g/mol. The van der Waals surface area contributed by atoms with E-state index in [0.717, 1.165) is 31.4 Å². The van der Waals surface area contributed by atoms with Crippen LogP contribution < -0.4 is 15.4 Å². The van der Waals surface area contributed by atoms with E-state index < -0.39 is 5.82 Å². The lowest BCUT2D eigenvalue weighted by molar-refractivity contribution is 0.0790. The Bertz CT molecular complexity index is 1070. The van der Waals surface area contributed by atoms with Crippen molar-refractivity contribution in [2.45, 2.75) is 50.8 Å². The van der Waals surface area contributed by atoms with E-state index in [-0.39, 0.29) is 30.9 Å². The fourth-order valence-electron chi connectivity index (χ4n) is 4.85. The van der Waals surface area contributed by atoms with Gasteiger partial charge in [0.25, 0.3) is 5.91 Å². The first-order valence-corrected chi connectivity index (χ1v) is 11.2. The van der Waals surface area contributed by atoms with Crippen LogP contribution in [0.25, 0.3) is 0 Å². The summed E-state index contributed by atoms with van der Waals surface area (Å²) < 4.78 is 20.2. The third-order valence-corrected chi connectivity index (χ3v) is 6.89. The van der Waals surface area contributed by atoms with Crippen LogP contribution >= 0.6 is 11.6 Å². The van der Waals surface area contributed by atoms with Crippen LogP contribution in [-0.4, -0.2) is 54.0 Å². The van der Waals surface area contributed by atoms with Gasteiger partial charge in [-0.2, -0.15) is 0 Å². The van der Waals surface area contributed by atoms with Crippen LogP contribution in [0.15, 0.2) is 45.3 Å². The van der Waals surface area contributed by atoms with Crippen molar-refractivity contribution in [2.75, 3.05) is 13.1 Å². The van der Waals surface area contributed by atoms with Crippen LogP contribution in [0.4, 0.5) is 4.39 Å². The number of fused-ring (bicyclic) bond motifs is 2. The molecule has 0 aromatic heterocycles. The molecule has 3 N–H and O–H groups in total. The molecule has 3 saturated heterocycles. The lowest BCUT2D eigenvalue weighted by Crippen LogP contribution is -2.42. The summed E-state index contributed by atoms with van der Waals surface area (Å²) in [5.41, 5.74) is 2.00. The first-order chi connectivity index (χ1) is 15.4. The second-order valence-corrected chi connectivity index (χ2v) is 9.22. The molecule has 0 aliphatic carbocycles. The number of nitrogens with one attached hydrogen (secondary N) is 3. The quantitative estimate of drug-likeness (QED) is 0.649. The number of halogens is 2. The second-order valence-electron chi connectivity index (χ2n) is 8.81. The molecule has 3 fully saturated rings. The number of carbonyl (C=O) groups excluding carboxylic acids is 1. The molecule has 4 aliphatic rings. The molecular formula is C23H25ClFN5O2. The maximum atomic E-state index is 14.0. The van der Waals surface area contributed by atoms with E-state index in [0.29, 0.717) is 39.8 Å². The van der Waals surface area contributed by atoms with Gasteiger partial charge in [0, 0.05) is 35.6 Å². The Morgan fingerprint density at radius 2 is 2.03 bits per heavy atom. The highest BCUT2D eigenvalue weighted by Crippen LogP contribution is 2.32. The molecule has 3 atom stereocenters. The summed E-state index contributed by atoms with van der Waals surface area (Å²) in [6.07, 6.45) is 5.45. The summed E-state index contributed by atoms with van der Waals surface area (Å²) in [5.74, 6) is 0.0638. The molecule has 32 heavy (non-hydrogen) atoms. The van der Waals surface area contributed by atoms with E-state index in [4.69, 9.17) is 21.7 Å². The molecule has 168 valence electrons. The topological polar surface area (TPSA) is 89.8 Å². The van der Waals surface area contributed by atoms with Crippen LogP contribution in [0.1, 0.15) is 43.0 Å². The number of hydrogen-bond acceptors (Lipinski definition) is 6. The summed E-state index contributed by atoms with van der Waals surface area (Å²) in [4.78, 5) is 19.2. The summed E-state index contributed by atoms with van der Waals surface area (Å²) in [6, 6.07) is 4.89. The van der Waals surface area contributed by atoms with Crippen molar-refractivity contribution >= 4 is 29.4 Å². The maximum Gasteiger partial charge on any atom is 0.258 e. The maximum absolute atomic E-state index is 14.0. The number of amides is 1. The van der Waals surface area contributed by atoms with Crippen molar-refractivity contribution in [3.8, 4) is 5.75 Å². The predicted molar refractivity (Wildman–Crippen MR) is 121 cm³/mol. The van der Waals surface area contributed by atoms with Gasteiger partial charge in [0.1, 0.15) is 23.5 Å². The lowest BCUT2D eigenvalue weighted by Gasteiger charge is -2.30. The number of allylic oxidation sites excluding steroid dienone is 2. The minimum atomic E-state index is -0.440. The first-order valence-electron chi connectivity index (χ1n) is 10.9. The zero-order chi connectivity index (χ0) is 22.4. The Balaban J connectivity index is 1.36. The Hall–Kier alpha value is -2.71. The number of carbonyl (C=O) groups is 1. The molecule has 1 aromatic rings. The SMILES string of the molecule is CC1=C(Cl)C=N/C(=C2\CN(C(=O)c3ccc(F)cc3O[C@H]3C[C@H]4CC[C@@H](C3)N4)CC2=N)N1. The number of nitrogens with zero attached hydrogens (tertiary/aromatic N) is 2. The van der Waals surface area contributed by atoms with E-state index in [9.17, 15) is 9.18 Å². The van der Waals surface area contributed by atoms with Crippen molar-refractivity contribution in [3.63, 3.8) is 0 Å². The van der Waals surface area contributed by atoms with E-state index in [1.54, 1.807) is 4.90 Å². The zero-order valence-electron chi connectivity index (χ0n) is 17.8. The van der Waals surface area contributed by atoms with Crippen LogP contribution in [0.5, 0.6) is 5.75 Å². The molecule has 0 unspecified atom stereocenters. The summed E-state index contributed by atoms with van der Waals surface area (Å²) in [5, 5.41) is 15.5. The summed E-state index contributed by atoms with van der Waals surface area (Å²) in [6.45, 7) is 2.21. The van der Waals surface area contributed by atoms with Gasteiger partial charge in [-0.15, -0.1) is 0 Å². The van der Waals surface area contributed by atoms with Crippen molar-refractivity contribution in [3.05, 3.63) is 51.7 Å². The fourth-order valence-corrected chi connectivity index (χ4v) is 4.95. The Morgan fingerprint density at radius 3 is 2.75 bits per heavy atom. The van der Waals surface area contributed by atoms with Crippen LogP contribution in [0, 0.1) is 11.2 Å². The van der Waals surface area contributed by atoms with Crippen molar-refractivity contribution in [2.24, 2.45) is 4.99 Å². The number of rotatable bonds is 3. The first kappa shape index (κ1) is 21.2. The minimum Gasteiger partial charge on any atom is -0.489 e. The number of aliphatic imine (C=N–C) groups is 1. The van der Waals surface area contributed by atoms with Crippen molar-refractivity contribution in [1.29, 1.82) is 5.41 Å². The standard InChI is InChI=1S/C23H25ClFN5O2/c1-12-19(24)9-27-22(28-12)18-10-30(11-20(18)26)23(31)17-5-2-13(25)6-21(17)32-16-7-14-3-4-15(8-16)29-14/h2,5-6,9,14-16,26,28-29H,3-4,7-8,10-11H2,1H3/b22-18-,26-20?/t14-,15+,16+.